The first-order chi connectivity index (χ1) is 11.4. The lowest BCUT2D eigenvalue weighted by molar-refractivity contribution is -0.128. The smallest absolute Gasteiger partial charge is 0.307 e. The minimum atomic E-state index is -4.68. The van der Waals surface area contributed by atoms with E-state index in [1.807, 2.05) is 30.3 Å². The first-order valence-corrected chi connectivity index (χ1v) is 8.89. The fourth-order valence-corrected chi connectivity index (χ4v) is 3.28. The predicted octanol–water partition coefficient (Wildman–Crippen LogP) is 2.88. The lowest BCUT2D eigenvalue weighted by Gasteiger charge is -2.16. The second kappa shape index (κ2) is 6.60. The lowest BCUT2D eigenvalue weighted by Crippen LogP contribution is -2.26. The maximum Gasteiger partial charge on any atom is 0.307 e. The van der Waals surface area contributed by atoms with Crippen LogP contribution < -0.4 is 4.74 Å². The number of hydrogen-bond donors (Lipinski definition) is 0. The highest BCUT2D eigenvalue weighted by Crippen LogP contribution is 2.24. The van der Waals surface area contributed by atoms with Gasteiger partial charge in [0.15, 0.2) is 0 Å². The second-order valence-electron chi connectivity index (χ2n) is 5.64. The average molecular weight is 349 g/mol. The van der Waals surface area contributed by atoms with Crippen molar-refractivity contribution in [3.63, 3.8) is 0 Å². The van der Waals surface area contributed by atoms with Crippen molar-refractivity contribution in [2.45, 2.75) is 18.2 Å². The molecule has 5 nitrogen and oxygen atoms in total. The van der Waals surface area contributed by atoms with Gasteiger partial charge < -0.3 is 9.64 Å². The van der Waals surface area contributed by atoms with Crippen LogP contribution in [0.4, 0.5) is 3.89 Å². The molecule has 1 atom stereocenters. The summed E-state index contributed by atoms with van der Waals surface area (Å²) in [5.41, 5.74) is 0.820. The van der Waals surface area contributed by atoms with Gasteiger partial charge in [-0.15, -0.1) is 3.89 Å². The van der Waals surface area contributed by atoms with Crippen LogP contribution in [-0.2, 0) is 21.6 Å². The van der Waals surface area contributed by atoms with E-state index in [1.165, 1.54) is 4.90 Å². The van der Waals surface area contributed by atoms with Crippen molar-refractivity contribution >= 4 is 16.1 Å². The monoisotopic (exact) mass is 349 g/mol. The molecule has 2 aromatic carbocycles. The molecule has 2 aromatic rings. The number of benzene rings is 2. The van der Waals surface area contributed by atoms with E-state index in [-0.39, 0.29) is 25.4 Å². The number of carbonyl (C=O) groups excluding carboxylic acids is 1. The summed E-state index contributed by atoms with van der Waals surface area (Å²) in [5.74, 6) is 1.02. The summed E-state index contributed by atoms with van der Waals surface area (Å²) in [5, 5.41) is -1.26. The van der Waals surface area contributed by atoms with Gasteiger partial charge in [-0.2, -0.15) is 8.42 Å². The van der Waals surface area contributed by atoms with E-state index in [0.717, 1.165) is 11.3 Å². The van der Waals surface area contributed by atoms with Crippen molar-refractivity contribution in [2.24, 2.45) is 0 Å². The number of nitrogens with zero attached hydrogens (tertiary/aromatic N) is 1. The normalized spacial score (nSPS) is 18.0. The third-order valence-electron chi connectivity index (χ3n) is 3.85. The Kier molecular flexibility index (Phi) is 4.53. The third kappa shape index (κ3) is 3.91. The van der Waals surface area contributed by atoms with Crippen molar-refractivity contribution in [3.8, 4) is 11.5 Å². The van der Waals surface area contributed by atoms with E-state index in [1.54, 1.807) is 24.3 Å². The van der Waals surface area contributed by atoms with Crippen LogP contribution in [0.15, 0.2) is 54.6 Å². The first-order valence-electron chi connectivity index (χ1n) is 7.45. The Bertz CT molecular complexity index is 821. The van der Waals surface area contributed by atoms with Crippen molar-refractivity contribution < 1.29 is 21.8 Å². The standard InChI is InChI=1S/C17H16FNO4S/c18-24(21,22)16-10-17(20)19(12-16)11-13-6-8-15(9-7-13)23-14-4-2-1-3-5-14/h1-9,16H,10-12H2. The third-order valence-corrected chi connectivity index (χ3v) is 4.96. The van der Waals surface area contributed by atoms with Gasteiger partial charge >= 0.3 is 10.2 Å². The molecule has 1 amide bonds. The Labute approximate surface area is 139 Å². The molecule has 7 heteroatoms. The zero-order valence-corrected chi connectivity index (χ0v) is 13.6. The van der Waals surface area contributed by atoms with E-state index < -0.39 is 15.5 Å². The van der Waals surface area contributed by atoms with Crippen LogP contribution in [0.1, 0.15) is 12.0 Å². The number of likely N-dealkylation sites (tertiary alicyclic amines) is 1. The molecule has 0 bridgehead atoms. The molecule has 0 aromatic heterocycles. The zero-order valence-electron chi connectivity index (χ0n) is 12.8. The maximum absolute atomic E-state index is 13.0. The molecule has 1 saturated heterocycles. The Morgan fingerprint density at radius 2 is 1.67 bits per heavy atom. The summed E-state index contributed by atoms with van der Waals surface area (Å²) < 4.78 is 40.6. The minimum absolute atomic E-state index is 0.111. The Balaban J connectivity index is 1.63. The van der Waals surface area contributed by atoms with Crippen molar-refractivity contribution in [3.05, 3.63) is 60.2 Å². The van der Waals surface area contributed by atoms with Gasteiger partial charge in [-0.1, -0.05) is 30.3 Å². The summed E-state index contributed by atoms with van der Waals surface area (Å²) in [4.78, 5) is 13.2. The highest BCUT2D eigenvalue weighted by molar-refractivity contribution is 7.87. The number of carbonyl (C=O) groups is 1. The van der Waals surface area contributed by atoms with Crippen molar-refractivity contribution in [1.82, 2.24) is 4.90 Å². The first kappa shape index (κ1) is 16.4. The van der Waals surface area contributed by atoms with Gasteiger partial charge in [-0.05, 0) is 29.8 Å². The number of halogens is 1. The quantitative estimate of drug-likeness (QED) is 0.779. The Morgan fingerprint density at radius 3 is 2.25 bits per heavy atom. The van der Waals surface area contributed by atoms with E-state index in [9.17, 15) is 17.1 Å². The van der Waals surface area contributed by atoms with Crippen molar-refractivity contribution in [1.29, 1.82) is 0 Å². The van der Waals surface area contributed by atoms with Crippen LogP contribution >= 0.6 is 0 Å². The minimum Gasteiger partial charge on any atom is -0.457 e. The van der Waals surface area contributed by atoms with E-state index in [2.05, 4.69) is 0 Å². The molecule has 1 heterocycles. The molecule has 24 heavy (non-hydrogen) atoms. The van der Waals surface area contributed by atoms with Gasteiger partial charge in [0.1, 0.15) is 16.7 Å². The highest BCUT2D eigenvalue weighted by Gasteiger charge is 2.38. The molecule has 1 aliphatic rings. The van der Waals surface area contributed by atoms with Crippen LogP contribution in [0.25, 0.3) is 0 Å². The van der Waals surface area contributed by atoms with Gasteiger partial charge in [-0.3, -0.25) is 4.79 Å². The van der Waals surface area contributed by atoms with Gasteiger partial charge in [0.25, 0.3) is 0 Å². The van der Waals surface area contributed by atoms with Gasteiger partial charge in [0.2, 0.25) is 5.91 Å². The predicted molar refractivity (Wildman–Crippen MR) is 86.8 cm³/mol. The number of ether oxygens (including phenoxy) is 1. The topological polar surface area (TPSA) is 63.7 Å². The molecule has 0 radical (unpaired) electrons. The van der Waals surface area contributed by atoms with E-state index in [4.69, 9.17) is 4.74 Å². The summed E-state index contributed by atoms with van der Waals surface area (Å²) in [6.45, 7) is 0.135. The lowest BCUT2D eigenvalue weighted by atomic mass is 10.2. The van der Waals surface area contributed by atoms with Gasteiger partial charge in [0.05, 0.1) is 0 Å². The number of rotatable bonds is 5. The summed E-state index contributed by atoms with van der Waals surface area (Å²) in [7, 11) is -4.68. The molecule has 126 valence electrons. The molecule has 0 N–H and O–H groups in total. The second-order valence-corrected chi connectivity index (χ2v) is 7.25. The molecule has 0 saturated carbocycles. The zero-order chi connectivity index (χ0) is 17.2. The fraction of sp³-hybridized carbons (Fsp3) is 0.235. The largest absolute Gasteiger partial charge is 0.457 e. The Hall–Kier alpha value is -2.41. The highest BCUT2D eigenvalue weighted by atomic mass is 32.3. The van der Waals surface area contributed by atoms with E-state index in [0.29, 0.717) is 5.75 Å². The van der Waals surface area contributed by atoms with Crippen LogP contribution in [0.2, 0.25) is 0 Å². The SMILES string of the molecule is O=C1CC(S(=O)(=O)F)CN1Cc1ccc(Oc2ccccc2)cc1. The number of hydrogen-bond acceptors (Lipinski definition) is 4. The maximum atomic E-state index is 13.0. The van der Waals surface area contributed by atoms with Gasteiger partial charge in [0, 0.05) is 19.5 Å². The molecule has 1 fully saturated rings. The van der Waals surface area contributed by atoms with Crippen LogP contribution in [0.3, 0.4) is 0 Å². The van der Waals surface area contributed by atoms with Crippen LogP contribution in [0, 0.1) is 0 Å². The summed E-state index contributed by atoms with van der Waals surface area (Å²) in [6, 6.07) is 16.5. The fourth-order valence-electron chi connectivity index (χ4n) is 2.59. The van der Waals surface area contributed by atoms with Crippen LogP contribution in [-0.4, -0.2) is 31.0 Å². The molecular formula is C17H16FNO4S. The van der Waals surface area contributed by atoms with E-state index >= 15 is 0 Å². The molecule has 1 aliphatic heterocycles. The number of amides is 1. The average Bonchev–Trinajstić information content (AvgIpc) is 2.92. The molecule has 1 unspecified atom stereocenters. The number of para-hydroxylation sites is 1. The molecular weight excluding hydrogens is 333 g/mol. The summed E-state index contributed by atoms with van der Waals surface area (Å²) in [6.07, 6.45) is -0.298. The van der Waals surface area contributed by atoms with Crippen molar-refractivity contribution in [2.75, 3.05) is 6.54 Å². The van der Waals surface area contributed by atoms with Gasteiger partial charge in [-0.25, -0.2) is 0 Å². The Morgan fingerprint density at radius 1 is 1.04 bits per heavy atom. The molecule has 0 aliphatic carbocycles. The molecule has 3 rings (SSSR count). The van der Waals surface area contributed by atoms with Crippen LogP contribution in [0.5, 0.6) is 11.5 Å². The molecule has 0 spiro atoms. The summed E-state index contributed by atoms with van der Waals surface area (Å²) >= 11 is 0.